The number of carboxylic acid groups (broad SMARTS) is 1. The summed E-state index contributed by atoms with van der Waals surface area (Å²) in [5.41, 5.74) is 1.85. The maximum Gasteiger partial charge on any atom is 0.316 e. The smallest absolute Gasteiger partial charge is 0.316 e. The number of aliphatic carboxylic acids is 1. The Balaban J connectivity index is 0.000000720. The van der Waals surface area contributed by atoms with Gasteiger partial charge in [-0.1, -0.05) is 0 Å². The van der Waals surface area contributed by atoms with Crippen LogP contribution in [0, 0.1) is 5.41 Å². The molecule has 3 aliphatic carbocycles. The second-order valence-corrected chi connectivity index (χ2v) is 3.47. The van der Waals surface area contributed by atoms with Crippen LogP contribution in [0.3, 0.4) is 0 Å². The summed E-state index contributed by atoms with van der Waals surface area (Å²) in [5.74, 6) is -4.61. The fraction of sp³-hybridized carbons (Fsp3) is 0.833. The lowest BCUT2D eigenvalue weighted by Crippen LogP contribution is -2.89. The van der Waals surface area contributed by atoms with Crippen molar-refractivity contribution in [2.24, 2.45) is 11.1 Å². The highest BCUT2D eigenvalue weighted by Crippen LogP contribution is 2.75. The Morgan fingerprint density at radius 1 is 1.42 bits per heavy atom. The van der Waals surface area contributed by atoms with Crippen molar-refractivity contribution >= 4 is 18.4 Å². The Hall–Kier alpha value is -0.420. The van der Waals surface area contributed by atoms with E-state index in [4.69, 9.17) is 10.8 Å². The highest BCUT2D eigenvalue weighted by Gasteiger charge is 2.90. The van der Waals surface area contributed by atoms with Gasteiger partial charge in [-0.2, -0.15) is 0 Å². The van der Waals surface area contributed by atoms with Crippen LogP contribution in [0.4, 0.5) is 8.78 Å². The monoisotopic (exact) mass is 199 g/mol. The molecule has 70 valence electrons. The molecule has 0 atom stereocenters. The Morgan fingerprint density at radius 2 is 1.83 bits per heavy atom. The van der Waals surface area contributed by atoms with Crippen LogP contribution in [0.15, 0.2) is 0 Å². The van der Waals surface area contributed by atoms with Crippen LogP contribution in [0.1, 0.15) is 12.8 Å². The van der Waals surface area contributed by atoms with E-state index in [1.165, 1.54) is 0 Å². The van der Waals surface area contributed by atoms with Gasteiger partial charge in [-0.25, -0.2) is 8.78 Å². The van der Waals surface area contributed by atoms with Gasteiger partial charge in [0.05, 0.1) is 5.54 Å². The molecule has 3 rings (SSSR count). The molecule has 0 radical (unpaired) electrons. The van der Waals surface area contributed by atoms with Gasteiger partial charge in [0.2, 0.25) is 0 Å². The van der Waals surface area contributed by atoms with Crippen LogP contribution in [-0.2, 0) is 4.79 Å². The van der Waals surface area contributed by atoms with Crippen LogP contribution in [0.2, 0.25) is 0 Å². The average molecular weight is 200 g/mol. The molecule has 3 N–H and O–H groups in total. The second kappa shape index (κ2) is 1.90. The first kappa shape index (κ1) is 9.67. The van der Waals surface area contributed by atoms with Gasteiger partial charge in [0.25, 0.3) is 5.92 Å². The molecular formula is C6H8ClF2NO2. The number of carbonyl (C=O) groups is 1. The zero-order chi connectivity index (χ0) is 8.49. The van der Waals surface area contributed by atoms with E-state index >= 15 is 0 Å². The zero-order valence-electron chi connectivity index (χ0n) is 6.01. The molecule has 0 aromatic rings. The maximum atomic E-state index is 12.8. The number of hydrogen-bond donors (Lipinski definition) is 2. The third-order valence-electron chi connectivity index (χ3n) is 2.87. The van der Waals surface area contributed by atoms with Crippen LogP contribution >= 0.6 is 12.4 Å². The van der Waals surface area contributed by atoms with Gasteiger partial charge in [-0.3, -0.25) is 4.79 Å². The van der Waals surface area contributed by atoms with Crippen molar-refractivity contribution in [2.75, 3.05) is 0 Å². The first-order valence-electron chi connectivity index (χ1n) is 3.26. The summed E-state index contributed by atoms with van der Waals surface area (Å²) in [6.07, 6.45) is -0.162. The molecule has 0 aliphatic heterocycles. The number of nitrogens with two attached hydrogens (primary N) is 1. The highest BCUT2D eigenvalue weighted by atomic mass is 35.5. The third-order valence-corrected chi connectivity index (χ3v) is 2.87. The van der Waals surface area contributed by atoms with Crippen molar-refractivity contribution in [3.8, 4) is 0 Å². The molecule has 0 saturated heterocycles. The van der Waals surface area contributed by atoms with Gasteiger partial charge in [-0.05, 0) is 12.8 Å². The Kier molecular flexibility index (Phi) is 1.53. The van der Waals surface area contributed by atoms with E-state index in [0.717, 1.165) is 0 Å². The lowest BCUT2D eigenvalue weighted by atomic mass is 9.36. The molecule has 0 aromatic heterocycles. The fourth-order valence-electron chi connectivity index (χ4n) is 2.02. The van der Waals surface area contributed by atoms with E-state index in [0.29, 0.717) is 0 Å². The van der Waals surface area contributed by atoms with Crippen molar-refractivity contribution in [3.05, 3.63) is 0 Å². The minimum atomic E-state index is -3.19. The lowest BCUT2D eigenvalue weighted by Gasteiger charge is -2.70. The Morgan fingerprint density at radius 3 is 1.92 bits per heavy atom. The maximum absolute atomic E-state index is 12.8. The first-order chi connectivity index (χ1) is 4.86. The molecule has 3 aliphatic rings. The molecule has 3 saturated carbocycles. The van der Waals surface area contributed by atoms with Crippen LogP contribution in [0.5, 0.6) is 0 Å². The van der Waals surface area contributed by atoms with Crippen molar-refractivity contribution in [3.63, 3.8) is 0 Å². The van der Waals surface area contributed by atoms with Gasteiger partial charge >= 0.3 is 5.97 Å². The molecule has 6 heteroatoms. The summed E-state index contributed by atoms with van der Waals surface area (Å²) >= 11 is 0. The molecule has 0 unspecified atom stereocenters. The van der Waals surface area contributed by atoms with Crippen molar-refractivity contribution in [2.45, 2.75) is 24.3 Å². The van der Waals surface area contributed by atoms with Gasteiger partial charge in [-0.15, -0.1) is 12.4 Å². The van der Waals surface area contributed by atoms with Crippen LogP contribution < -0.4 is 5.73 Å². The minimum Gasteiger partial charge on any atom is -0.481 e. The standard InChI is InChI=1S/C6H7F2NO2.ClH/c7-6(8)4(3(10)11)1-5(6,9)2-4;/h1-2,9H2,(H,10,11);1H. The molecule has 2 bridgehead atoms. The molecule has 0 spiro atoms. The van der Waals surface area contributed by atoms with Crippen molar-refractivity contribution in [1.82, 2.24) is 0 Å². The van der Waals surface area contributed by atoms with E-state index in [-0.39, 0.29) is 25.2 Å². The molecule has 12 heavy (non-hydrogen) atoms. The summed E-state index contributed by atoms with van der Waals surface area (Å²) in [5, 5.41) is 8.44. The van der Waals surface area contributed by atoms with Gasteiger partial charge in [0.1, 0.15) is 5.41 Å². The van der Waals surface area contributed by atoms with E-state index in [2.05, 4.69) is 0 Å². The van der Waals surface area contributed by atoms with Gasteiger partial charge in [0, 0.05) is 0 Å². The number of alkyl halides is 2. The van der Waals surface area contributed by atoms with E-state index < -0.39 is 22.8 Å². The number of hydrogen-bond acceptors (Lipinski definition) is 2. The summed E-state index contributed by atoms with van der Waals surface area (Å²) in [4.78, 5) is 10.4. The largest absolute Gasteiger partial charge is 0.481 e. The predicted molar refractivity (Wildman–Crippen MR) is 38.4 cm³/mol. The van der Waals surface area contributed by atoms with E-state index in [1.54, 1.807) is 0 Å². The van der Waals surface area contributed by atoms with Crippen molar-refractivity contribution < 1.29 is 18.7 Å². The Bertz CT molecular complexity index is 250. The summed E-state index contributed by atoms with van der Waals surface area (Å²) in [6, 6.07) is 0. The molecular weight excluding hydrogens is 192 g/mol. The van der Waals surface area contributed by atoms with E-state index in [9.17, 15) is 13.6 Å². The first-order valence-corrected chi connectivity index (χ1v) is 3.26. The highest BCUT2D eigenvalue weighted by molar-refractivity contribution is 5.85. The van der Waals surface area contributed by atoms with Crippen LogP contribution in [0.25, 0.3) is 0 Å². The molecule has 0 aromatic carbocycles. The number of carboxylic acids is 1. The normalized spacial score (nSPS) is 46.6. The average Bonchev–Trinajstić information content (AvgIpc) is 1.81. The topological polar surface area (TPSA) is 63.3 Å². The van der Waals surface area contributed by atoms with Crippen molar-refractivity contribution in [1.29, 1.82) is 0 Å². The summed E-state index contributed by atoms with van der Waals surface area (Å²) < 4.78 is 25.5. The minimum absolute atomic E-state index is 0. The third kappa shape index (κ3) is 0.557. The summed E-state index contributed by atoms with van der Waals surface area (Å²) in [6.45, 7) is 0. The zero-order valence-corrected chi connectivity index (χ0v) is 6.83. The lowest BCUT2D eigenvalue weighted by molar-refractivity contribution is -0.348. The number of halogens is 3. The molecule has 0 heterocycles. The SMILES string of the molecule is Cl.NC12CC(C(=O)O)(C1)C2(F)F. The fourth-order valence-corrected chi connectivity index (χ4v) is 2.02. The molecule has 3 nitrogen and oxygen atoms in total. The number of rotatable bonds is 1. The van der Waals surface area contributed by atoms with Gasteiger partial charge in [0.15, 0.2) is 0 Å². The second-order valence-electron chi connectivity index (χ2n) is 3.47. The van der Waals surface area contributed by atoms with Crippen LogP contribution in [-0.4, -0.2) is 22.5 Å². The quantitative estimate of drug-likeness (QED) is 0.651. The van der Waals surface area contributed by atoms with E-state index in [1.807, 2.05) is 0 Å². The Labute approximate surface area is 73.3 Å². The molecule has 3 fully saturated rings. The summed E-state index contributed by atoms with van der Waals surface area (Å²) in [7, 11) is 0. The predicted octanol–water partition coefficient (Wildman–Crippen LogP) is 0.619. The van der Waals surface area contributed by atoms with Gasteiger partial charge < -0.3 is 10.8 Å². The molecule has 0 amide bonds.